The molecule has 0 amide bonds. The quantitative estimate of drug-likeness (QED) is 0.0265. The lowest BCUT2D eigenvalue weighted by Crippen LogP contribution is -2.29. The zero-order valence-electron chi connectivity index (χ0n) is 39.7. The van der Waals surface area contributed by atoms with Crippen LogP contribution in [0.1, 0.15) is 245 Å². The zero-order chi connectivity index (χ0) is 44.6. The molecule has 0 heterocycles. The molecule has 0 aromatic carbocycles. The Kier molecular flexibility index (Phi) is 46.3. The molecule has 0 aliphatic heterocycles. The monoisotopic (exact) mass is 882 g/mol. The lowest BCUT2D eigenvalue weighted by molar-refractivity contribution is -0.161. The maximum Gasteiger partial charge on any atom is 0.472 e. The summed E-state index contributed by atoms with van der Waals surface area (Å²) in [6.07, 6.45) is 55.2. The van der Waals surface area contributed by atoms with Crippen LogP contribution < -0.4 is 5.73 Å². The number of carbonyl (C=O) groups is 2. The smallest absolute Gasteiger partial charge is 0.462 e. The molecule has 358 valence electrons. The van der Waals surface area contributed by atoms with Crippen LogP contribution in [0.15, 0.2) is 36.5 Å². The Morgan fingerprint density at radius 1 is 0.492 bits per heavy atom. The van der Waals surface area contributed by atoms with E-state index in [1.54, 1.807) is 0 Å². The van der Waals surface area contributed by atoms with Crippen molar-refractivity contribution in [3.8, 4) is 0 Å². The van der Waals surface area contributed by atoms with E-state index in [0.29, 0.717) is 6.42 Å². The Balaban J connectivity index is 3.77. The van der Waals surface area contributed by atoms with Crippen molar-refractivity contribution in [1.29, 1.82) is 0 Å². The van der Waals surface area contributed by atoms with Crippen LogP contribution >= 0.6 is 7.82 Å². The second-order valence-corrected chi connectivity index (χ2v) is 18.5. The van der Waals surface area contributed by atoms with E-state index in [1.165, 1.54) is 167 Å². The highest BCUT2D eigenvalue weighted by molar-refractivity contribution is 7.47. The van der Waals surface area contributed by atoms with Gasteiger partial charge in [0.15, 0.2) is 6.10 Å². The number of hydrogen-bond donors (Lipinski definition) is 2. The molecule has 0 radical (unpaired) electrons. The number of carbonyl (C=O) groups excluding carboxylic acids is 2. The van der Waals surface area contributed by atoms with Gasteiger partial charge >= 0.3 is 19.8 Å². The lowest BCUT2D eigenvalue weighted by atomic mass is 10.0. The van der Waals surface area contributed by atoms with Crippen molar-refractivity contribution in [1.82, 2.24) is 0 Å². The summed E-state index contributed by atoms with van der Waals surface area (Å²) in [6, 6.07) is 0. The van der Waals surface area contributed by atoms with Crippen LogP contribution in [0.2, 0.25) is 0 Å². The van der Waals surface area contributed by atoms with Crippen molar-refractivity contribution in [3.63, 3.8) is 0 Å². The van der Waals surface area contributed by atoms with Gasteiger partial charge in [-0.2, -0.15) is 0 Å². The summed E-state index contributed by atoms with van der Waals surface area (Å²) in [7, 11) is -4.37. The SMILES string of the molecule is CCCCCCC/C=C\C/C=C\C/C=C\CCCCCCCCCCCCCCCCCCCCC(=O)OC(COC(=O)CCCCCCCCC)COP(=O)(O)OCCN. The fraction of sp³-hybridized carbons (Fsp3) is 0.843. The van der Waals surface area contributed by atoms with E-state index in [2.05, 4.69) is 50.3 Å². The van der Waals surface area contributed by atoms with Gasteiger partial charge in [0.2, 0.25) is 0 Å². The molecule has 9 nitrogen and oxygen atoms in total. The molecule has 0 saturated carbocycles. The van der Waals surface area contributed by atoms with E-state index in [0.717, 1.165) is 44.9 Å². The lowest BCUT2D eigenvalue weighted by Gasteiger charge is -2.19. The van der Waals surface area contributed by atoms with Gasteiger partial charge in [0.25, 0.3) is 0 Å². The third-order valence-electron chi connectivity index (χ3n) is 11.0. The summed E-state index contributed by atoms with van der Waals surface area (Å²) in [6.45, 7) is 3.69. The highest BCUT2D eigenvalue weighted by atomic mass is 31.2. The normalized spacial score (nSPS) is 13.4. The fourth-order valence-corrected chi connectivity index (χ4v) is 8.00. The average molecular weight is 882 g/mol. The van der Waals surface area contributed by atoms with Gasteiger partial charge in [0, 0.05) is 19.4 Å². The van der Waals surface area contributed by atoms with Crippen molar-refractivity contribution in [2.24, 2.45) is 5.73 Å². The van der Waals surface area contributed by atoms with Crippen LogP contribution in [0.3, 0.4) is 0 Å². The van der Waals surface area contributed by atoms with E-state index in [1.807, 2.05) is 0 Å². The first-order chi connectivity index (χ1) is 29.8. The molecular formula is C51H96NO8P. The van der Waals surface area contributed by atoms with Gasteiger partial charge in [-0.1, -0.05) is 217 Å². The van der Waals surface area contributed by atoms with Crippen LogP contribution in [-0.2, 0) is 32.7 Å². The van der Waals surface area contributed by atoms with E-state index in [9.17, 15) is 19.0 Å². The topological polar surface area (TPSA) is 134 Å². The summed E-state index contributed by atoms with van der Waals surface area (Å²) in [5.41, 5.74) is 5.34. The van der Waals surface area contributed by atoms with Crippen LogP contribution in [0.5, 0.6) is 0 Å². The maximum atomic E-state index is 12.6. The predicted molar refractivity (Wildman–Crippen MR) is 257 cm³/mol. The van der Waals surface area contributed by atoms with Gasteiger partial charge in [-0.25, -0.2) is 4.57 Å². The molecule has 61 heavy (non-hydrogen) atoms. The molecule has 0 spiro atoms. The number of unbranched alkanes of at least 4 members (excludes halogenated alkanes) is 29. The molecule has 2 unspecified atom stereocenters. The molecule has 0 aromatic heterocycles. The Bertz CT molecular complexity index is 1100. The van der Waals surface area contributed by atoms with Gasteiger partial charge in [-0.05, 0) is 51.4 Å². The summed E-state index contributed by atoms with van der Waals surface area (Å²) < 4.78 is 32.7. The number of hydrogen-bond acceptors (Lipinski definition) is 8. The number of nitrogens with two attached hydrogens (primary N) is 1. The Morgan fingerprint density at radius 2 is 0.852 bits per heavy atom. The number of allylic oxidation sites excluding steroid dienone is 6. The number of phosphoric ester groups is 1. The number of esters is 2. The third-order valence-corrected chi connectivity index (χ3v) is 12.0. The zero-order valence-corrected chi connectivity index (χ0v) is 40.5. The minimum absolute atomic E-state index is 0.0551. The first kappa shape index (κ1) is 59.2. The van der Waals surface area contributed by atoms with Crippen molar-refractivity contribution >= 4 is 19.8 Å². The molecule has 0 rings (SSSR count). The average Bonchev–Trinajstić information content (AvgIpc) is 3.25. The largest absolute Gasteiger partial charge is 0.472 e. The van der Waals surface area contributed by atoms with E-state index in [-0.39, 0.29) is 38.6 Å². The second-order valence-electron chi connectivity index (χ2n) is 17.0. The summed E-state index contributed by atoms with van der Waals surface area (Å²) >= 11 is 0. The Morgan fingerprint density at radius 3 is 1.26 bits per heavy atom. The van der Waals surface area contributed by atoms with Crippen LogP contribution in [0.25, 0.3) is 0 Å². The fourth-order valence-electron chi connectivity index (χ4n) is 7.23. The molecule has 0 fully saturated rings. The molecule has 0 aliphatic carbocycles. The number of rotatable bonds is 48. The standard InChI is InChI=1S/C51H96NO8P/c1-3-5-7-9-11-12-13-14-15-16-17-18-19-20-21-22-23-24-25-26-27-28-29-30-31-32-33-34-35-36-38-40-42-44-51(54)60-49(48-59-61(55,56)58-46-45-52)47-57-50(53)43-41-39-37-10-8-6-4-2/h13-14,16-17,19-20,49H,3-12,15,18,21-48,52H2,1-2H3,(H,55,56)/b14-13-,17-16-,20-19-. The first-order valence-electron chi connectivity index (χ1n) is 25.5. The molecule has 0 bridgehead atoms. The molecule has 2 atom stereocenters. The molecular weight excluding hydrogens is 786 g/mol. The van der Waals surface area contributed by atoms with Crippen LogP contribution in [-0.4, -0.2) is 49.3 Å². The minimum atomic E-state index is -4.37. The highest BCUT2D eigenvalue weighted by Gasteiger charge is 2.26. The summed E-state index contributed by atoms with van der Waals surface area (Å²) in [5.74, 6) is -0.827. The van der Waals surface area contributed by atoms with Crippen molar-refractivity contribution in [2.45, 2.75) is 251 Å². The predicted octanol–water partition coefficient (Wildman–Crippen LogP) is 15.3. The van der Waals surface area contributed by atoms with Crippen LogP contribution in [0.4, 0.5) is 0 Å². The molecule has 0 aromatic rings. The molecule has 10 heteroatoms. The van der Waals surface area contributed by atoms with Gasteiger partial charge < -0.3 is 20.1 Å². The molecule has 0 aliphatic rings. The summed E-state index contributed by atoms with van der Waals surface area (Å²) in [5, 5.41) is 0. The second kappa shape index (κ2) is 47.7. The van der Waals surface area contributed by atoms with Crippen molar-refractivity contribution in [3.05, 3.63) is 36.5 Å². The summed E-state index contributed by atoms with van der Waals surface area (Å²) in [4.78, 5) is 34.7. The van der Waals surface area contributed by atoms with E-state index in [4.69, 9.17) is 24.3 Å². The van der Waals surface area contributed by atoms with Gasteiger partial charge in [-0.15, -0.1) is 0 Å². The minimum Gasteiger partial charge on any atom is -0.462 e. The van der Waals surface area contributed by atoms with Crippen molar-refractivity contribution < 1.29 is 37.6 Å². The first-order valence-corrected chi connectivity index (χ1v) is 27.0. The number of phosphoric acid groups is 1. The van der Waals surface area contributed by atoms with E-state index < -0.39 is 26.5 Å². The highest BCUT2D eigenvalue weighted by Crippen LogP contribution is 2.43. The Labute approximate surface area is 375 Å². The van der Waals surface area contributed by atoms with Crippen molar-refractivity contribution in [2.75, 3.05) is 26.4 Å². The van der Waals surface area contributed by atoms with Gasteiger partial charge in [-0.3, -0.25) is 18.6 Å². The maximum absolute atomic E-state index is 12.6. The number of ether oxygens (including phenoxy) is 2. The Hall–Kier alpha value is -1.77. The van der Waals surface area contributed by atoms with E-state index >= 15 is 0 Å². The third kappa shape index (κ3) is 47.5. The van der Waals surface area contributed by atoms with Crippen LogP contribution in [0, 0.1) is 0 Å². The molecule has 0 saturated heterocycles. The van der Waals surface area contributed by atoms with Gasteiger partial charge in [0.05, 0.1) is 13.2 Å². The molecule has 3 N–H and O–H groups in total. The van der Waals surface area contributed by atoms with Gasteiger partial charge in [0.1, 0.15) is 6.61 Å².